The van der Waals surface area contributed by atoms with Crippen molar-refractivity contribution in [3.8, 4) is 0 Å². The number of carbonyl (C=O) groups is 1. The third-order valence-corrected chi connectivity index (χ3v) is 8.81. The zero-order valence-electron chi connectivity index (χ0n) is 20.1. The van der Waals surface area contributed by atoms with Crippen molar-refractivity contribution in [1.82, 2.24) is 9.88 Å². The van der Waals surface area contributed by atoms with E-state index in [2.05, 4.69) is 67.9 Å². The Morgan fingerprint density at radius 1 is 1.31 bits per heavy atom. The lowest BCUT2D eigenvalue weighted by atomic mass is 9.54. The van der Waals surface area contributed by atoms with E-state index < -0.39 is 0 Å². The molecule has 2 aromatic rings. The molecule has 5 rings (SSSR count). The second kappa shape index (κ2) is 7.02. The second-order valence-corrected chi connectivity index (χ2v) is 11.5. The van der Waals surface area contributed by atoms with Gasteiger partial charge < -0.3 is 20.2 Å². The van der Waals surface area contributed by atoms with Crippen LogP contribution in [0.4, 0.5) is 0 Å². The van der Waals surface area contributed by atoms with Gasteiger partial charge in [0, 0.05) is 35.7 Å². The summed E-state index contributed by atoms with van der Waals surface area (Å²) in [5, 5.41) is 1.27. The van der Waals surface area contributed by atoms with E-state index in [4.69, 9.17) is 10.5 Å². The summed E-state index contributed by atoms with van der Waals surface area (Å²) in [7, 11) is 1.74. The van der Waals surface area contributed by atoms with E-state index in [-0.39, 0.29) is 28.0 Å². The highest BCUT2D eigenvalue weighted by molar-refractivity contribution is 5.92. The van der Waals surface area contributed by atoms with Crippen molar-refractivity contribution in [1.29, 1.82) is 0 Å². The number of fused-ring (bicyclic) bond motifs is 5. The zero-order valence-corrected chi connectivity index (χ0v) is 20.1. The van der Waals surface area contributed by atoms with Crippen LogP contribution in [0.3, 0.4) is 0 Å². The van der Waals surface area contributed by atoms with Crippen LogP contribution in [-0.2, 0) is 21.4 Å². The smallest absolute Gasteiger partial charge is 0.140 e. The van der Waals surface area contributed by atoms with Gasteiger partial charge in [-0.1, -0.05) is 44.2 Å². The number of carbonyl (C=O) groups excluding carboxylic acids is 1. The fraction of sp³-hybridized carbons (Fsp3) is 0.593. The van der Waals surface area contributed by atoms with Gasteiger partial charge in [0.1, 0.15) is 6.29 Å². The molecule has 3 aliphatic rings. The highest BCUT2D eigenvalue weighted by atomic mass is 16.5. The summed E-state index contributed by atoms with van der Waals surface area (Å²) < 4.78 is 5.57. The molecule has 1 aromatic heterocycles. The fourth-order valence-corrected chi connectivity index (χ4v) is 6.81. The lowest BCUT2D eigenvalue weighted by Crippen LogP contribution is -2.71. The van der Waals surface area contributed by atoms with Crippen LogP contribution < -0.4 is 5.73 Å². The number of ether oxygens (including phenoxy) is 1. The van der Waals surface area contributed by atoms with E-state index in [1.54, 1.807) is 7.11 Å². The quantitative estimate of drug-likeness (QED) is 0.707. The largest absolute Gasteiger partial charge is 0.375 e. The van der Waals surface area contributed by atoms with Gasteiger partial charge in [-0.25, -0.2) is 0 Å². The molecule has 5 nitrogen and oxygen atoms in total. The molecule has 1 aromatic carbocycles. The summed E-state index contributed by atoms with van der Waals surface area (Å²) >= 11 is 0. The number of aldehydes is 1. The van der Waals surface area contributed by atoms with E-state index >= 15 is 0 Å². The first-order valence-electron chi connectivity index (χ1n) is 11.9. The number of rotatable bonds is 4. The molecule has 3 heterocycles. The Hall–Kier alpha value is -1.95. The lowest BCUT2D eigenvalue weighted by molar-refractivity contribution is -0.124. The van der Waals surface area contributed by atoms with Crippen LogP contribution in [0, 0.1) is 5.92 Å². The van der Waals surface area contributed by atoms with Crippen LogP contribution in [0.2, 0.25) is 0 Å². The molecular formula is C27H37N3O2. The number of aromatic nitrogens is 1. The van der Waals surface area contributed by atoms with E-state index in [1.165, 1.54) is 28.4 Å². The van der Waals surface area contributed by atoms with Crippen LogP contribution in [0.25, 0.3) is 17.0 Å². The zero-order chi connectivity index (χ0) is 22.9. The van der Waals surface area contributed by atoms with Crippen LogP contribution in [0.5, 0.6) is 0 Å². The SMILES string of the molecule is COC(C)(C)/C=C/c1cccc2c3c([nH]c12)C(C)(C)C1CC2(C=O)CCCN2CC1(N)C3. The Bertz CT molecular complexity index is 1100. The maximum absolute atomic E-state index is 12.3. The van der Waals surface area contributed by atoms with Crippen molar-refractivity contribution < 1.29 is 9.53 Å². The minimum absolute atomic E-state index is 0.140. The van der Waals surface area contributed by atoms with E-state index in [0.717, 1.165) is 44.3 Å². The van der Waals surface area contributed by atoms with E-state index in [9.17, 15) is 4.79 Å². The molecule has 0 saturated carbocycles. The minimum atomic E-state index is -0.327. The molecule has 1 aliphatic carbocycles. The molecule has 3 atom stereocenters. The Labute approximate surface area is 191 Å². The van der Waals surface area contributed by atoms with Gasteiger partial charge in [-0.15, -0.1) is 0 Å². The summed E-state index contributed by atoms with van der Waals surface area (Å²) in [6.07, 6.45) is 9.23. The molecule has 0 amide bonds. The van der Waals surface area contributed by atoms with E-state index in [1.807, 2.05) is 0 Å². The summed E-state index contributed by atoms with van der Waals surface area (Å²) in [6, 6.07) is 6.51. The van der Waals surface area contributed by atoms with Gasteiger partial charge in [0.25, 0.3) is 0 Å². The summed E-state index contributed by atoms with van der Waals surface area (Å²) in [5.41, 5.74) is 11.1. The average Bonchev–Trinajstić information content (AvgIpc) is 3.33. The van der Waals surface area contributed by atoms with Crippen LogP contribution in [0.1, 0.15) is 63.8 Å². The van der Waals surface area contributed by atoms with Gasteiger partial charge in [0.2, 0.25) is 0 Å². The molecule has 5 heteroatoms. The summed E-state index contributed by atoms with van der Waals surface area (Å²) in [5.74, 6) is 0.251. The molecule has 2 fully saturated rings. The van der Waals surface area contributed by atoms with Gasteiger partial charge >= 0.3 is 0 Å². The first-order valence-corrected chi connectivity index (χ1v) is 11.9. The molecule has 3 unspecified atom stereocenters. The molecule has 0 bridgehead atoms. The molecule has 172 valence electrons. The van der Waals surface area contributed by atoms with Crippen molar-refractivity contribution in [2.75, 3.05) is 20.2 Å². The van der Waals surface area contributed by atoms with E-state index in [0.29, 0.717) is 0 Å². The Kier molecular flexibility index (Phi) is 4.80. The van der Waals surface area contributed by atoms with Crippen LogP contribution in [-0.4, -0.2) is 53.0 Å². The number of hydrogen-bond acceptors (Lipinski definition) is 4. The Morgan fingerprint density at radius 3 is 2.81 bits per heavy atom. The number of H-pyrrole nitrogens is 1. The van der Waals surface area contributed by atoms with Gasteiger partial charge in [-0.3, -0.25) is 4.90 Å². The van der Waals surface area contributed by atoms with Crippen molar-refractivity contribution >= 4 is 23.3 Å². The standard InChI is InChI=1S/C27H37N3O2/c1-24(2,32-5)12-10-18-8-6-9-19-20-14-27(28)16-30-13-7-11-26(30,17-31)15-21(27)25(3,4)23(20)29-22(18)19/h6,8-10,12,17,21,29H,7,11,13-16,28H2,1-5H3/b12-10+. The molecule has 0 radical (unpaired) electrons. The molecular weight excluding hydrogens is 398 g/mol. The van der Waals surface area contributed by atoms with Crippen molar-refractivity contribution in [3.05, 3.63) is 41.1 Å². The normalized spacial score (nSPS) is 32.1. The predicted octanol–water partition coefficient (Wildman–Crippen LogP) is 4.19. The maximum Gasteiger partial charge on any atom is 0.140 e. The number of hydrogen-bond donors (Lipinski definition) is 2. The monoisotopic (exact) mass is 435 g/mol. The van der Waals surface area contributed by atoms with Crippen LogP contribution in [0.15, 0.2) is 24.3 Å². The number of methoxy groups -OCH3 is 1. The van der Waals surface area contributed by atoms with Gasteiger partial charge in [-0.05, 0) is 63.1 Å². The van der Waals surface area contributed by atoms with Crippen molar-refractivity contribution in [2.45, 2.75) is 75.5 Å². The topological polar surface area (TPSA) is 71.4 Å². The van der Waals surface area contributed by atoms with Crippen molar-refractivity contribution in [2.24, 2.45) is 11.7 Å². The fourth-order valence-electron chi connectivity index (χ4n) is 6.81. The predicted molar refractivity (Wildman–Crippen MR) is 130 cm³/mol. The summed E-state index contributed by atoms with van der Waals surface area (Å²) in [6.45, 7) is 10.5. The second-order valence-electron chi connectivity index (χ2n) is 11.5. The number of piperidine rings is 1. The number of aromatic amines is 1. The number of benzene rings is 1. The third-order valence-electron chi connectivity index (χ3n) is 8.81. The highest BCUT2D eigenvalue weighted by Gasteiger charge is 2.60. The molecule has 0 spiro atoms. The molecule has 2 aliphatic heterocycles. The molecule has 3 N–H and O–H groups in total. The van der Waals surface area contributed by atoms with Gasteiger partial charge in [0.15, 0.2) is 0 Å². The Morgan fingerprint density at radius 2 is 2.09 bits per heavy atom. The maximum atomic E-state index is 12.3. The lowest BCUT2D eigenvalue weighted by Gasteiger charge is -2.58. The minimum Gasteiger partial charge on any atom is -0.375 e. The summed E-state index contributed by atoms with van der Waals surface area (Å²) in [4.78, 5) is 18.5. The van der Waals surface area contributed by atoms with Crippen molar-refractivity contribution in [3.63, 3.8) is 0 Å². The average molecular weight is 436 g/mol. The number of nitrogens with zero attached hydrogens (tertiary/aromatic N) is 1. The molecule has 32 heavy (non-hydrogen) atoms. The first kappa shape index (κ1) is 21.9. The van der Waals surface area contributed by atoms with Gasteiger partial charge in [-0.2, -0.15) is 0 Å². The number of nitrogens with one attached hydrogen (secondary N) is 1. The Balaban J connectivity index is 1.63. The number of para-hydroxylation sites is 1. The molecule has 2 saturated heterocycles. The highest BCUT2D eigenvalue weighted by Crippen LogP contribution is 2.54. The van der Waals surface area contributed by atoms with Gasteiger partial charge in [0.05, 0.1) is 16.7 Å². The van der Waals surface area contributed by atoms with Crippen LogP contribution >= 0.6 is 0 Å². The third kappa shape index (κ3) is 3.05. The first-order chi connectivity index (χ1) is 15.1. The number of nitrogens with two attached hydrogens (primary N) is 1.